The lowest BCUT2D eigenvalue weighted by molar-refractivity contribution is -0.151. The van der Waals surface area contributed by atoms with Crippen LogP contribution in [0.25, 0.3) is 0 Å². The summed E-state index contributed by atoms with van der Waals surface area (Å²) < 4.78 is 28.4. The van der Waals surface area contributed by atoms with E-state index in [2.05, 4.69) is 9.73 Å². The van der Waals surface area contributed by atoms with Crippen LogP contribution in [0.3, 0.4) is 0 Å². The molecule has 4 nitrogen and oxygen atoms in total. The highest BCUT2D eigenvalue weighted by molar-refractivity contribution is 6.12. The van der Waals surface area contributed by atoms with Crippen molar-refractivity contribution in [3.8, 4) is 0 Å². The summed E-state index contributed by atoms with van der Waals surface area (Å²) in [5.74, 6) is -4.09. The third-order valence-electron chi connectivity index (χ3n) is 1.36. The number of nitrogens with zero attached hydrogens (tertiary/aromatic N) is 1. The summed E-state index contributed by atoms with van der Waals surface area (Å²) in [6.07, 6.45) is -2.34. The van der Waals surface area contributed by atoms with Crippen LogP contribution in [0.5, 0.6) is 0 Å². The van der Waals surface area contributed by atoms with E-state index >= 15 is 0 Å². The molecule has 0 aromatic carbocycles. The van der Waals surface area contributed by atoms with E-state index in [-0.39, 0.29) is 6.61 Å². The maximum Gasteiger partial charge on any atom is 0.322 e. The minimum Gasteiger partial charge on any atom is -0.465 e. The summed E-state index contributed by atoms with van der Waals surface area (Å²) in [5, 5.41) is 0. The van der Waals surface area contributed by atoms with Crippen LogP contribution in [0.2, 0.25) is 0 Å². The lowest BCUT2D eigenvalue weighted by Crippen LogP contribution is -2.31. The van der Waals surface area contributed by atoms with Crippen molar-refractivity contribution in [1.29, 1.82) is 0 Å². The van der Waals surface area contributed by atoms with Crippen molar-refractivity contribution in [2.75, 3.05) is 13.7 Å². The second kappa shape index (κ2) is 6.17. The summed E-state index contributed by atoms with van der Waals surface area (Å²) >= 11 is 0. The van der Waals surface area contributed by atoms with Gasteiger partial charge in [0.1, 0.15) is 0 Å². The molecule has 0 aliphatic rings. The molecule has 1 atom stereocenters. The molecule has 0 aliphatic heterocycles. The maximum atomic E-state index is 12.0. The fraction of sp³-hybridized carbons (Fsp3) is 0.625. The zero-order chi connectivity index (χ0) is 11.1. The molecule has 6 heteroatoms. The lowest BCUT2D eigenvalue weighted by Gasteiger charge is -2.08. The molecule has 14 heavy (non-hydrogen) atoms. The molecule has 0 amide bonds. The minimum atomic E-state index is -3.19. The molecule has 80 valence electrons. The van der Waals surface area contributed by atoms with Gasteiger partial charge in [-0.25, -0.2) is 8.78 Å². The molecule has 0 aromatic heterocycles. The molecule has 0 rings (SSSR count). The summed E-state index contributed by atoms with van der Waals surface area (Å²) in [6.45, 7) is 1.55. The smallest absolute Gasteiger partial charge is 0.322 e. The van der Waals surface area contributed by atoms with E-state index in [1.54, 1.807) is 0 Å². The lowest BCUT2D eigenvalue weighted by atomic mass is 10.1. The molecule has 0 aromatic rings. The number of hydrogen-bond donors (Lipinski definition) is 0. The Hall–Kier alpha value is -1.33. The third kappa shape index (κ3) is 3.59. The van der Waals surface area contributed by atoms with Crippen molar-refractivity contribution in [2.45, 2.75) is 13.3 Å². The van der Waals surface area contributed by atoms with Crippen molar-refractivity contribution in [2.24, 2.45) is 10.9 Å². The van der Waals surface area contributed by atoms with Crippen molar-refractivity contribution in [3.05, 3.63) is 0 Å². The first-order chi connectivity index (χ1) is 6.54. The minimum absolute atomic E-state index is 0.0312. The highest BCUT2D eigenvalue weighted by Gasteiger charge is 2.32. The van der Waals surface area contributed by atoms with Crippen molar-refractivity contribution < 1.29 is 23.1 Å². The Kier molecular flexibility index (Phi) is 5.59. The molecule has 0 saturated heterocycles. The first-order valence-corrected chi connectivity index (χ1v) is 3.95. The fourth-order valence-electron chi connectivity index (χ4n) is 0.767. The molecule has 0 N–H and O–H groups in total. The van der Waals surface area contributed by atoms with Gasteiger partial charge in [0.25, 0.3) is 6.43 Å². The second-order valence-corrected chi connectivity index (χ2v) is 2.34. The number of ether oxygens (including phenoxy) is 1. The predicted molar refractivity (Wildman–Crippen MR) is 45.6 cm³/mol. The Labute approximate surface area is 80.0 Å². The summed E-state index contributed by atoms with van der Waals surface area (Å²) in [4.78, 5) is 25.2. The number of esters is 1. The van der Waals surface area contributed by atoms with Crippen molar-refractivity contribution in [1.82, 2.24) is 0 Å². The zero-order valence-electron chi connectivity index (χ0n) is 7.87. The number of Topliss-reactive ketones (excluding diaryl/α,β-unsaturated/α-hetero) is 1. The number of carbonyl (C=O) groups is 2. The van der Waals surface area contributed by atoms with Gasteiger partial charge in [0.05, 0.1) is 6.61 Å². The molecule has 0 saturated carbocycles. The Morgan fingerprint density at radius 2 is 2.07 bits per heavy atom. The quantitative estimate of drug-likeness (QED) is 0.379. The van der Waals surface area contributed by atoms with E-state index in [4.69, 9.17) is 0 Å². The number of hydrogen-bond acceptors (Lipinski definition) is 4. The van der Waals surface area contributed by atoms with E-state index in [9.17, 15) is 18.4 Å². The second-order valence-electron chi connectivity index (χ2n) is 2.34. The first kappa shape index (κ1) is 12.7. The van der Waals surface area contributed by atoms with Gasteiger partial charge in [0.15, 0.2) is 5.92 Å². The molecule has 0 fully saturated rings. The van der Waals surface area contributed by atoms with Gasteiger partial charge in [0, 0.05) is 13.3 Å². The van der Waals surface area contributed by atoms with E-state index in [0.717, 1.165) is 6.21 Å². The van der Waals surface area contributed by atoms with Crippen LogP contribution in [0.1, 0.15) is 6.92 Å². The number of alkyl halides is 2. The van der Waals surface area contributed by atoms with Crippen molar-refractivity contribution >= 4 is 18.0 Å². The van der Waals surface area contributed by atoms with E-state index in [0.29, 0.717) is 0 Å². The Morgan fingerprint density at radius 3 is 2.43 bits per heavy atom. The van der Waals surface area contributed by atoms with Crippen LogP contribution < -0.4 is 0 Å². The van der Waals surface area contributed by atoms with Crippen molar-refractivity contribution in [3.63, 3.8) is 0 Å². The Morgan fingerprint density at radius 1 is 1.50 bits per heavy atom. The van der Waals surface area contributed by atoms with Gasteiger partial charge in [-0.3, -0.25) is 14.6 Å². The average molecular weight is 207 g/mol. The normalized spacial score (nSPS) is 13.2. The number of aliphatic imine (C=N–C) groups is 1. The predicted octanol–water partition coefficient (Wildman–Crippen LogP) is 0.700. The van der Waals surface area contributed by atoms with Crippen LogP contribution in [0.4, 0.5) is 8.78 Å². The SMILES string of the molecule is CCOC(=O)C(C=NC)C(=O)C(F)F. The molecule has 0 aliphatic carbocycles. The molecule has 0 radical (unpaired) electrons. The number of halogens is 2. The van der Waals surface area contributed by atoms with Crippen LogP contribution in [-0.4, -0.2) is 38.0 Å². The Bertz CT molecular complexity index is 241. The number of ketones is 1. The molecule has 0 spiro atoms. The van der Waals surface area contributed by atoms with Gasteiger partial charge in [-0.05, 0) is 6.92 Å². The van der Waals surface area contributed by atoms with Gasteiger partial charge in [-0.2, -0.15) is 0 Å². The van der Waals surface area contributed by atoms with Gasteiger partial charge < -0.3 is 4.74 Å². The van der Waals surface area contributed by atoms with Gasteiger partial charge in [-0.1, -0.05) is 0 Å². The van der Waals surface area contributed by atoms with E-state index in [1.165, 1.54) is 14.0 Å². The fourth-order valence-corrected chi connectivity index (χ4v) is 0.767. The van der Waals surface area contributed by atoms with E-state index < -0.39 is 24.1 Å². The summed E-state index contributed by atoms with van der Waals surface area (Å²) in [7, 11) is 1.28. The maximum absolute atomic E-state index is 12.0. The summed E-state index contributed by atoms with van der Waals surface area (Å²) in [5.41, 5.74) is 0. The molecular formula is C8H11F2NO3. The number of rotatable bonds is 5. The average Bonchev–Trinajstić information content (AvgIpc) is 2.13. The van der Waals surface area contributed by atoms with Gasteiger partial charge >= 0.3 is 5.97 Å². The molecule has 1 unspecified atom stereocenters. The molecule has 0 bridgehead atoms. The van der Waals surface area contributed by atoms with E-state index in [1.807, 2.05) is 0 Å². The summed E-state index contributed by atoms with van der Waals surface area (Å²) in [6, 6.07) is 0. The monoisotopic (exact) mass is 207 g/mol. The van der Waals surface area contributed by atoms with Crippen LogP contribution in [0.15, 0.2) is 4.99 Å². The largest absolute Gasteiger partial charge is 0.465 e. The number of carbonyl (C=O) groups excluding carboxylic acids is 2. The highest BCUT2D eigenvalue weighted by atomic mass is 19.3. The highest BCUT2D eigenvalue weighted by Crippen LogP contribution is 2.06. The van der Waals surface area contributed by atoms with Gasteiger partial charge in [-0.15, -0.1) is 0 Å². The van der Waals surface area contributed by atoms with Crippen LogP contribution in [0, 0.1) is 5.92 Å². The standard InChI is InChI=1S/C8H11F2NO3/c1-3-14-8(13)5(4-11-2)6(12)7(9)10/h4-5,7H,3H2,1-2H3. The Balaban J connectivity index is 4.59. The van der Waals surface area contributed by atoms with Gasteiger partial charge in [0.2, 0.25) is 5.78 Å². The topological polar surface area (TPSA) is 55.7 Å². The first-order valence-electron chi connectivity index (χ1n) is 3.95. The van der Waals surface area contributed by atoms with Crippen LogP contribution in [-0.2, 0) is 14.3 Å². The third-order valence-corrected chi connectivity index (χ3v) is 1.36. The van der Waals surface area contributed by atoms with Crippen LogP contribution >= 0.6 is 0 Å². The molecule has 0 heterocycles. The molecular weight excluding hydrogens is 196 g/mol. The zero-order valence-corrected chi connectivity index (χ0v) is 7.87.